The number of carbonyl (C=O) groups is 2. The Balaban J connectivity index is 2.07. The Morgan fingerprint density at radius 1 is 1.11 bits per heavy atom. The summed E-state index contributed by atoms with van der Waals surface area (Å²) in [4.78, 5) is 22.9. The molecule has 0 unspecified atom stereocenters. The van der Waals surface area contributed by atoms with E-state index in [1.54, 1.807) is 18.2 Å². The second-order valence-corrected chi connectivity index (χ2v) is 7.54. The molecule has 0 aliphatic rings. The number of ether oxygens (including phenoxy) is 2. The number of anilines is 1. The van der Waals surface area contributed by atoms with Gasteiger partial charge in [-0.05, 0) is 36.9 Å². The maximum absolute atomic E-state index is 11.7. The number of hydrogen-bond donors (Lipinski definition) is 3. The second kappa shape index (κ2) is 12.2. The molecule has 152 valence electrons. The third kappa shape index (κ3) is 11.9. The van der Waals surface area contributed by atoms with Crippen LogP contribution in [0.2, 0.25) is 0 Å². The summed E-state index contributed by atoms with van der Waals surface area (Å²) in [6, 6.07) is 7.14. The van der Waals surface area contributed by atoms with E-state index >= 15 is 0 Å². The lowest BCUT2D eigenvalue weighted by molar-refractivity contribution is -0.121. The Labute approximate surface area is 162 Å². The molecule has 0 spiro atoms. The molecule has 27 heavy (non-hydrogen) atoms. The molecule has 0 atom stereocenters. The van der Waals surface area contributed by atoms with Gasteiger partial charge in [0.1, 0.15) is 12.4 Å². The smallest absolute Gasteiger partial charge is 0.411 e. The predicted octanol–water partition coefficient (Wildman–Crippen LogP) is 3.17. The van der Waals surface area contributed by atoms with Crippen molar-refractivity contribution < 1.29 is 19.1 Å². The monoisotopic (exact) mass is 379 g/mol. The fraction of sp³-hybridized carbons (Fsp3) is 0.600. The maximum atomic E-state index is 11.7. The zero-order chi connectivity index (χ0) is 20.1. The summed E-state index contributed by atoms with van der Waals surface area (Å²) >= 11 is 0. The molecule has 7 nitrogen and oxygen atoms in total. The van der Waals surface area contributed by atoms with Crippen molar-refractivity contribution in [3.8, 4) is 5.75 Å². The SMILES string of the molecule is COC(=O)Nc1cccc(OCCNCCCCC(=O)NCC(C)(C)C)c1. The van der Waals surface area contributed by atoms with Gasteiger partial charge >= 0.3 is 6.09 Å². The highest BCUT2D eigenvalue weighted by Crippen LogP contribution is 2.17. The molecule has 1 aromatic rings. The molecule has 0 aromatic heterocycles. The molecule has 0 fully saturated rings. The minimum atomic E-state index is -0.513. The highest BCUT2D eigenvalue weighted by molar-refractivity contribution is 5.84. The van der Waals surface area contributed by atoms with E-state index in [9.17, 15) is 9.59 Å². The standard InChI is InChI=1S/C20H33N3O4/c1-20(2,3)15-22-18(24)10-5-6-11-21-12-13-27-17-9-7-8-16(14-17)23-19(25)26-4/h7-9,14,21H,5-6,10-13,15H2,1-4H3,(H,22,24)(H,23,25). The van der Waals surface area contributed by atoms with E-state index in [0.29, 0.717) is 37.6 Å². The first-order valence-corrected chi connectivity index (χ1v) is 9.35. The lowest BCUT2D eigenvalue weighted by Crippen LogP contribution is -2.32. The average Bonchev–Trinajstić information content (AvgIpc) is 2.61. The van der Waals surface area contributed by atoms with Crippen LogP contribution in [0.1, 0.15) is 40.0 Å². The topological polar surface area (TPSA) is 88.7 Å². The summed E-state index contributed by atoms with van der Waals surface area (Å²) in [5.74, 6) is 0.801. The number of nitrogens with one attached hydrogen (secondary N) is 3. The Morgan fingerprint density at radius 2 is 1.89 bits per heavy atom. The van der Waals surface area contributed by atoms with Crippen molar-refractivity contribution in [3.63, 3.8) is 0 Å². The molecule has 0 saturated heterocycles. The Kier molecular flexibility index (Phi) is 10.3. The molecule has 0 radical (unpaired) electrons. The summed E-state index contributed by atoms with van der Waals surface area (Å²) in [5.41, 5.74) is 0.739. The van der Waals surface area contributed by atoms with Gasteiger partial charge in [0.2, 0.25) is 5.91 Å². The molecular weight excluding hydrogens is 346 g/mol. The fourth-order valence-electron chi connectivity index (χ4n) is 2.19. The van der Waals surface area contributed by atoms with Crippen LogP contribution in [0.5, 0.6) is 5.75 Å². The summed E-state index contributed by atoms with van der Waals surface area (Å²) in [5, 5.41) is 8.85. The van der Waals surface area contributed by atoms with Crippen LogP contribution in [-0.4, -0.2) is 45.4 Å². The average molecular weight is 380 g/mol. The molecule has 0 aliphatic carbocycles. The van der Waals surface area contributed by atoms with Gasteiger partial charge < -0.3 is 20.1 Å². The van der Waals surface area contributed by atoms with E-state index in [2.05, 4.69) is 41.5 Å². The van der Waals surface area contributed by atoms with Gasteiger partial charge in [0.25, 0.3) is 0 Å². The first kappa shape index (κ1) is 22.8. The number of unbranched alkanes of at least 4 members (excludes halogenated alkanes) is 1. The number of rotatable bonds is 11. The van der Waals surface area contributed by atoms with Crippen LogP contribution < -0.4 is 20.7 Å². The van der Waals surface area contributed by atoms with Gasteiger partial charge in [0.05, 0.1) is 7.11 Å². The highest BCUT2D eigenvalue weighted by atomic mass is 16.5. The van der Waals surface area contributed by atoms with E-state index in [0.717, 1.165) is 19.4 Å². The normalized spacial score (nSPS) is 11.0. The minimum absolute atomic E-state index is 0.117. The summed E-state index contributed by atoms with van der Waals surface area (Å²) < 4.78 is 10.2. The Hall–Kier alpha value is -2.28. The zero-order valence-electron chi connectivity index (χ0n) is 16.9. The molecule has 3 N–H and O–H groups in total. The number of amides is 2. The van der Waals surface area contributed by atoms with Crippen LogP contribution in [0.15, 0.2) is 24.3 Å². The molecular formula is C20H33N3O4. The third-order valence-corrected chi connectivity index (χ3v) is 3.64. The lowest BCUT2D eigenvalue weighted by Gasteiger charge is -2.18. The molecule has 0 aliphatic heterocycles. The van der Waals surface area contributed by atoms with Crippen molar-refractivity contribution in [2.24, 2.45) is 5.41 Å². The first-order chi connectivity index (χ1) is 12.8. The summed E-state index contributed by atoms with van der Waals surface area (Å²) in [6.45, 7) is 9.09. The highest BCUT2D eigenvalue weighted by Gasteiger charge is 2.11. The molecule has 0 heterocycles. The third-order valence-electron chi connectivity index (χ3n) is 3.64. The quantitative estimate of drug-likeness (QED) is 0.514. The van der Waals surface area contributed by atoms with Crippen LogP contribution in [0, 0.1) is 5.41 Å². The predicted molar refractivity (Wildman–Crippen MR) is 107 cm³/mol. The molecule has 0 bridgehead atoms. The summed E-state index contributed by atoms with van der Waals surface area (Å²) in [6.07, 6.45) is 1.86. The van der Waals surface area contributed by atoms with Gasteiger partial charge in [0.15, 0.2) is 0 Å². The fourth-order valence-corrected chi connectivity index (χ4v) is 2.19. The van der Waals surface area contributed by atoms with Crippen LogP contribution in [0.3, 0.4) is 0 Å². The summed E-state index contributed by atoms with van der Waals surface area (Å²) in [7, 11) is 1.32. The molecule has 7 heteroatoms. The Bertz CT molecular complexity index is 585. The van der Waals surface area contributed by atoms with E-state index in [1.807, 2.05) is 6.07 Å². The van der Waals surface area contributed by atoms with Crippen molar-refractivity contribution in [1.82, 2.24) is 10.6 Å². The Morgan fingerprint density at radius 3 is 2.59 bits per heavy atom. The van der Waals surface area contributed by atoms with Gasteiger partial charge in [-0.3, -0.25) is 10.1 Å². The first-order valence-electron chi connectivity index (χ1n) is 9.35. The van der Waals surface area contributed by atoms with Gasteiger partial charge in [0, 0.05) is 31.3 Å². The van der Waals surface area contributed by atoms with E-state index in [-0.39, 0.29) is 11.3 Å². The van der Waals surface area contributed by atoms with Crippen molar-refractivity contribution in [1.29, 1.82) is 0 Å². The molecule has 0 saturated carbocycles. The number of carbonyl (C=O) groups excluding carboxylic acids is 2. The van der Waals surface area contributed by atoms with Gasteiger partial charge in [-0.15, -0.1) is 0 Å². The van der Waals surface area contributed by atoms with E-state index in [4.69, 9.17) is 4.74 Å². The van der Waals surface area contributed by atoms with Crippen molar-refractivity contribution in [2.75, 3.05) is 38.7 Å². The maximum Gasteiger partial charge on any atom is 0.411 e. The lowest BCUT2D eigenvalue weighted by atomic mass is 9.97. The van der Waals surface area contributed by atoms with Crippen LogP contribution >= 0.6 is 0 Å². The zero-order valence-corrected chi connectivity index (χ0v) is 16.9. The largest absolute Gasteiger partial charge is 0.492 e. The van der Waals surface area contributed by atoms with Gasteiger partial charge in [-0.25, -0.2) is 4.79 Å². The van der Waals surface area contributed by atoms with Crippen molar-refractivity contribution >= 4 is 17.7 Å². The number of benzene rings is 1. The molecule has 1 rings (SSSR count). The molecule has 2 amide bonds. The number of methoxy groups -OCH3 is 1. The van der Waals surface area contributed by atoms with Crippen molar-refractivity contribution in [2.45, 2.75) is 40.0 Å². The number of hydrogen-bond acceptors (Lipinski definition) is 5. The minimum Gasteiger partial charge on any atom is -0.492 e. The van der Waals surface area contributed by atoms with Crippen molar-refractivity contribution in [3.05, 3.63) is 24.3 Å². The van der Waals surface area contributed by atoms with Crippen LogP contribution in [-0.2, 0) is 9.53 Å². The second-order valence-electron chi connectivity index (χ2n) is 7.54. The van der Waals surface area contributed by atoms with Crippen LogP contribution in [0.4, 0.5) is 10.5 Å². The van der Waals surface area contributed by atoms with Gasteiger partial charge in [-0.2, -0.15) is 0 Å². The van der Waals surface area contributed by atoms with E-state index < -0.39 is 6.09 Å². The van der Waals surface area contributed by atoms with Gasteiger partial charge in [-0.1, -0.05) is 26.8 Å². The van der Waals surface area contributed by atoms with E-state index in [1.165, 1.54) is 7.11 Å². The van der Waals surface area contributed by atoms with Crippen LogP contribution in [0.25, 0.3) is 0 Å². The molecule has 1 aromatic carbocycles.